The minimum absolute atomic E-state index is 0.195. The largest absolute Gasteiger partial charge is 0.379 e. The Hall–Kier alpha value is -1.80. The number of benzene rings is 1. The second-order valence-corrected chi connectivity index (χ2v) is 6.86. The van der Waals surface area contributed by atoms with Crippen molar-refractivity contribution in [2.45, 2.75) is 13.0 Å². The summed E-state index contributed by atoms with van der Waals surface area (Å²) in [5.41, 5.74) is 2.47. The molecule has 1 amide bonds. The number of hydrogen-bond acceptors (Lipinski definition) is 6. The highest BCUT2D eigenvalue weighted by Gasteiger charge is 2.12. The Kier molecular flexibility index (Phi) is 6.52. The Bertz CT molecular complexity index is 681. The summed E-state index contributed by atoms with van der Waals surface area (Å²) in [6.07, 6.45) is 1.00. The van der Waals surface area contributed by atoms with E-state index >= 15 is 0 Å². The van der Waals surface area contributed by atoms with Gasteiger partial charge >= 0.3 is 0 Å². The number of carbonyl (C=O) groups is 1. The maximum absolute atomic E-state index is 12.2. The fourth-order valence-electron chi connectivity index (χ4n) is 2.67. The number of rotatable bonds is 7. The molecule has 1 aromatic heterocycles. The molecule has 25 heavy (non-hydrogen) atoms. The number of ether oxygens (including phenoxy) is 2. The first-order valence-corrected chi connectivity index (χ1v) is 9.26. The van der Waals surface area contributed by atoms with Crippen molar-refractivity contribution in [3.05, 3.63) is 45.9 Å². The van der Waals surface area contributed by atoms with E-state index in [0.29, 0.717) is 12.3 Å². The molecular weight excluding hydrogens is 338 g/mol. The fraction of sp³-hybridized carbons (Fsp3) is 0.444. The molecule has 1 fully saturated rings. The van der Waals surface area contributed by atoms with E-state index in [4.69, 9.17) is 9.47 Å². The van der Waals surface area contributed by atoms with Crippen LogP contribution in [0.4, 0.5) is 5.69 Å². The van der Waals surface area contributed by atoms with Gasteiger partial charge in [-0.2, -0.15) is 0 Å². The summed E-state index contributed by atoms with van der Waals surface area (Å²) in [5.74, 6) is -0.195. The number of morpholine rings is 1. The lowest BCUT2D eigenvalue weighted by Crippen LogP contribution is -2.37. The fourth-order valence-corrected chi connectivity index (χ4v) is 3.41. The Morgan fingerprint density at radius 1 is 1.32 bits per heavy atom. The Morgan fingerprint density at radius 3 is 2.80 bits per heavy atom. The molecule has 0 atom stereocenters. The van der Waals surface area contributed by atoms with E-state index in [1.54, 1.807) is 12.5 Å². The quantitative estimate of drug-likeness (QED) is 0.821. The highest BCUT2D eigenvalue weighted by Crippen LogP contribution is 2.15. The van der Waals surface area contributed by atoms with E-state index in [-0.39, 0.29) is 5.91 Å². The molecule has 134 valence electrons. The first-order valence-electron chi connectivity index (χ1n) is 8.38. The first-order chi connectivity index (χ1) is 12.2. The van der Waals surface area contributed by atoms with Crippen LogP contribution in [0.25, 0.3) is 0 Å². The van der Waals surface area contributed by atoms with Crippen molar-refractivity contribution in [3.63, 3.8) is 0 Å². The molecule has 2 heterocycles. The van der Waals surface area contributed by atoms with Crippen LogP contribution in [0.2, 0.25) is 0 Å². The summed E-state index contributed by atoms with van der Waals surface area (Å²) >= 11 is 1.43. The lowest BCUT2D eigenvalue weighted by molar-refractivity contribution is 0.0384. The molecule has 1 aliphatic heterocycles. The van der Waals surface area contributed by atoms with Crippen molar-refractivity contribution in [2.24, 2.45) is 0 Å². The topological polar surface area (TPSA) is 63.7 Å². The molecule has 3 rings (SSSR count). The molecule has 6 nitrogen and oxygen atoms in total. The zero-order valence-electron chi connectivity index (χ0n) is 14.4. The zero-order chi connectivity index (χ0) is 17.5. The van der Waals surface area contributed by atoms with Gasteiger partial charge in [-0.25, -0.2) is 4.98 Å². The predicted octanol–water partition coefficient (Wildman–Crippen LogP) is 2.42. The Morgan fingerprint density at radius 2 is 2.08 bits per heavy atom. The molecule has 0 spiro atoms. The zero-order valence-corrected chi connectivity index (χ0v) is 15.2. The van der Waals surface area contributed by atoms with Gasteiger partial charge in [-0.15, -0.1) is 11.3 Å². The van der Waals surface area contributed by atoms with Gasteiger partial charge < -0.3 is 14.8 Å². The van der Waals surface area contributed by atoms with E-state index in [9.17, 15) is 4.79 Å². The van der Waals surface area contributed by atoms with Crippen molar-refractivity contribution in [3.8, 4) is 0 Å². The van der Waals surface area contributed by atoms with Crippen LogP contribution in [0.1, 0.15) is 21.1 Å². The van der Waals surface area contributed by atoms with Crippen molar-refractivity contribution in [1.29, 1.82) is 0 Å². The summed E-state index contributed by atoms with van der Waals surface area (Å²) in [4.78, 5) is 18.9. The van der Waals surface area contributed by atoms with Crippen molar-refractivity contribution < 1.29 is 14.3 Å². The first kappa shape index (κ1) is 18.0. The van der Waals surface area contributed by atoms with Crippen LogP contribution in [-0.2, 0) is 22.5 Å². The summed E-state index contributed by atoms with van der Waals surface area (Å²) in [7, 11) is 1.61. The number of aromatic nitrogens is 1. The van der Waals surface area contributed by atoms with Gasteiger partial charge in [0.1, 0.15) is 10.7 Å². The SMILES string of the molecule is COCc1nc(C(=O)Nc2ccc(CCN3CCOCC3)cc2)cs1. The molecule has 7 heteroatoms. The van der Waals surface area contributed by atoms with Crippen LogP contribution in [0, 0.1) is 0 Å². The molecule has 1 aliphatic rings. The van der Waals surface area contributed by atoms with E-state index in [1.807, 2.05) is 12.1 Å². The van der Waals surface area contributed by atoms with Crippen LogP contribution in [0.3, 0.4) is 0 Å². The van der Waals surface area contributed by atoms with E-state index in [2.05, 4.69) is 27.3 Å². The molecule has 0 radical (unpaired) electrons. The average Bonchev–Trinajstić information content (AvgIpc) is 3.11. The molecule has 1 aromatic carbocycles. The molecule has 2 aromatic rings. The van der Waals surface area contributed by atoms with Gasteiger partial charge in [-0.3, -0.25) is 9.69 Å². The van der Waals surface area contributed by atoms with E-state index in [1.165, 1.54) is 16.9 Å². The lowest BCUT2D eigenvalue weighted by atomic mass is 10.1. The van der Waals surface area contributed by atoms with Gasteiger partial charge in [-0.1, -0.05) is 12.1 Å². The molecule has 1 saturated heterocycles. The normalized spacial score (nSPS) is 15.2. The second kappa shape index (κ2) is 9.05. The molecule has 0 bridgehead atoms. The number of nitrogens with one attached hydrogen (secondary N) is 1. The molecule has 0 aliphatic carbocycles. The minimum Gasteiger partial charge on any atom is -0.379 e. The molecule has 0 unspecified atom stereocenters. The van der Waals surface area contributed by atoms with Gasteiger partial charge in [0.15, 0.2) is 0 Å². The van der Waals surface area contributed by atoms with Gasteiger partial charge in [0.05, 0.1) is 19.8 Å². The van der Waals surface area contributed by atoms with Crippen LogP contribution in [0.15, 0.2) is 29.6 Å². The number of methoxy groups -OCH3 is 1. The van der Waals surface area contributed by atoms with Crippen LogP contribution >= 0.6 is 11.3 Å². The van der Waals surface area contributed by atoms with Crippen molar-refractivity contribution in [2.75, 3.05) is 45.3 Å². The van der Waals surface area contributed by atoms with Crippen LogP contribution in [-0.4, -0.2) is 55.7 Å². The van der Waals surface area contributed by atoms with Crippen LogP contribution < -0.4 is 5.32 Å². The third-order valence-corrected chi connectivity index (χ3v) is 4.91. The smallest absolute Gasteiger partial charge is 0.275 e. The maximum atomic E-state index is 12.2. The summed E-state index contributed by atoms with van der Waals surface area (Å²) in [5, 5.41) is 5.43. The summed E-state index contributed by atoms with van der Waals surface area (Å²) in [6.45, 7) is 5.13. The molecule has 0 saturated carbocycles. The minimum atomic E-state index is -0.195. The average molecular weight is 361 g/mol. The van der Waals surface area contributed by atoms with Gasteiger partial charge in [0.25, 0.3) is 5.91 Å². The second-order valence-electron chi connectivity index (χ2n) is 5.91. The van der Waals surface area contributed by atoms with Gasteiger partial charge in [-0.05, 0) is 24.1 Å². The predicted molar refractivity (Wildman–Crippen MR) is 98.2 cm³/mol. The van der Waals surface area contributed by atoms with Gasteiger partial charge in [0.2, 0.25) is 0 Å². The maximum Gasteiger partial charge on any atom is 0.275 e. The monoisotopic (exact) mass is 361 g/mol. The van der Waals surface area contributed by atoms with Crippen molar-refractivity contribution in [1.82, 2.24) is 9.88 Å². The van der Waals surface area contributed by atoms with E-state index < -0.39 is 0 Å². The van der Waals surface area contributed by atoms with Crippen molar-refractivity contribution >= 4 is 22.9 Å². The lowest BCUT2D eigenvalue weighted by Gasteiger charge is -2.26. The highest BCUT2D eigenvalue weighted by molar-refractivity contribution is 7.09. The third kappa shape index (κ3) is 5.34. The third-order valence-electron chi connectivity index (χ3n) is 4.08. The van der Waals surface area contributed by atoms with E-state index in [0.717, 1.165) is 50.0 Å². The Balaban J connectivity index is 1.50. The number of carbonyl (C=O) groups excluding carboxylic acids is 1. The summed E-state index contributed by atoms with van der Waals surface area (Å²) < 4.78 is 10.4. The number of thiazole rings is 1. The Labute approximate surface area is 151 Å². The number of anilines is 1. The highest BCUT2D eigenvalue weighted by atomic mass is 32.1. The standard InChI is InChI=1S/C18H23N3O3S/c1-23-12-17-20-16(13-25-17)18(22)19-15-4-2-14(3-5-15)6-7-21-8-10-24-11-9-21/h2-5,13H,6-12H2,1H3,(H,19,22). The molecular formula is C18H23N3O3S. The van der Waals surface area contributed by atoms with Crippen LogP contribution in [0.5, 0.6) is 0 Å². The number of nitrogens with zero attached hydrogens (tertiary/aromatic N) is 2. The van der Waals surface area contributed by atoms with Gasteiger partial charge in [0, 0.05) is 37.8 Å². The molecule has 1 N–H and O–H groups in total. The summed E-state index contributed by atoms with van der Waals surface area (Å²) in [6, 6.07) is 8.00. The number of hydrogen-bond donors (Lipinski definition) is 1. The number of amides is 1.